The topological polar surface area (TPSA) is 61.8 Å². The monoisotopic (exact) mass is 292 g/mol. The summed E-state index contributed by atoms with van der Waals surface area (Å²) in [5.74, 6) is -0.284. The molecule has 0 fully saturated rings. The van der Waals surface area contributed by atoms with Crippen LogP contribution in [0.3, 0.4) is 0 Å². The predicted octanol–water partition coefficient (Wildman–Crippen LogP) is 1.70. The number of hydrogen-bond donors (Lipinski definition) is 2. The second-order valence-electron chi connectivity index (χ2n) is 4.53. The van der Waals surface area contributed by atoms with E-state index in [0.29, 0.717) is 10.7 Å². The molecule has 0 aliphatic carbocycles. The van der Waals surface area contributed by atoms with E-state index in [2.05, 4.69) is 5.32 Å². The minimum absolute atomic E-state index is 0.135. The molecular weight excluding hydrogens is 276 g/mol. The first-order valence-corrected chi connectivity index (χ1v) is 6.48. The molecular formula is C14H16N2O3S. The van der Waals surface area contributed by atoms with Gasteiger partial charge in [0.2, 0.25) is 0 Å². The Hall–Kier alpha value is -2.08. The van der Waals surface area contributed by atoms with E-state index in [0.717, 1.165) is 11.3 Å². The second-order valence-corrected chi connectivity index (χ2v) is 4.91. The quantitative estimate of drug-likeness (QED) is 0.639. The van der Waals surface area contributed by atoms with Gasteiger partial charge in [0, 0.05) is 12.7 Å². The molecule has 1 aromatic rings. The smallest absolute Gasteiger partial charge is 0.337 e. The van der Waals surface area contributed by atoms with Crippen LogP contribution in [0.2, 0.25) is 0 Å². The number of thiocarbonyl (C=S) groups is 1. The summed E-state index contributed by atoms with van der Waals surface area (Å²) < 4.78 is 4.86. The third-order valence-corrected chi connectivity index (χ3v) is 3.75. The van der Waals surface area contributed by atoms with Crippen LogP contribution in [0.1, 0.15) is 18.5 Å². The molecule has 6 heteroatoms. The van der Waals surface area contributed by atoms with E-state index >= 15 is 0 Å². The lowest BCUT2D eigenvalue weighted by Gasteiger charge is -2.35. The van der Waals surface area contributed by atoms with E-state index in [4.69, 9.17) is 17.0 Å². The van der Waals surface area contributed by atoms with Crippen molar-refractivity contribution in [3.05, 3.63) is 41.1 Å². The lowest BCUT2D eigenvalue weighted by atomic mass is 9.95. The molecule has 2 rings (SSSR count). The van der Waals surface area contributed by atoms with E-state index in [1.807, 2.05) is 13.0 Å². The molecule has 0 amide bonds. The summed E-state index contributed by atoms with van der Waals surface area (Å²) in [5.41, 5.74) is 1.96. The highest BCUT2D eigenvalue weighted by atomic mass is 32.1. The Bertz CT molecular complexity index is 598. The van der Waals surface area contributed by atoms with Gasteiger partial charge in [-0.1, -0.05) is 12.1 Å². The molecule has 106 valence electrons. The number of allylic oxidation sites excluding steroid dienone is 1. The van der Waals surface area contributed by atoms with Gasteiger partial charge in [0.05, 0.1) is 18.7 Å². The normalized spacial score (nSPS) is 18.9. The molecule has 0 saturated carbocycles. The van der Waals surface area contributed by atoms with Crippen molar-refractivity contribution in [2.24, 2.45) is 0 Å². The molecule has 0 radical (unpaired) electrons. The van der Waals surface area contributed by atoms with Gasteiger partial charge in [-0.3, -0.25) is 0 Å². The van der Waals surface area contributed by atoms with Crippen LogP contribution in [0.25, 0.3) is 0 Å². The molecule has 5 nitrogen and oxygen atoms in total. The first-order chi connectivity index (χ1) is 9.45. The Morgan fingerprint density at radius 3 is 2.80 bits per heavy atom. The fraction of sp³-hybridized carbons (Fsp3) is 0.286. The highest BCUT2D eigenvalue weighted by Crippen LogP contribution is 2.31. The molecule has 1 aromatic carbocycles. The maximum absolute atomic E-state index is 12.0. The summed E-state index contributed by atoms with van der Waals surface area (Å²) in [6.45, 7) is 1.81. The standard InChI is InChI=1S/C14H16N2O3S/c1-8-11(13(18)19-3)12(15-14(20)16(8)2)9-5-4-6-10(17)7-9/h4-7,12,17H,1-3H3,(H,15,20)/t12-/m1/s1. The van der Waals surface area contributed by atoms with Crippen molar-refractivity contribution in [2.75, 3.05) is 14.2 Å². The summed E-state index contributed by atoms with van der Waals surface area (Å²) in [6, 6.07) is 6.28. The number of nitrogens with zero attached hydrogens (tertiary/aromatic N) is 1. The summed E-state index contributed by atoms with van der Waals surface area (Å²) in [7, 11) is 3.13. The fourth-order valence-corrected chi connectivity index (χ4v) is 2.42. The average Bonchev–Trinajstić information content (AvgIpc) is 2.43. The number of ether oxygens (including phenoxy) is 1. The Morgan fingerprint density at radius 1 is 1.50 bits per heavy atom. The van der Waals surface area contributed by atoms with Gasteiger partial charge in [-0.15, -0.1) is 0 Å². The van der Waals surface area contributed by atoms with Crippen LogP contribution < -0.4 is 5.32 Å². The van der Waals surface area contributed by atoms with Gasteiger partial charge in [-0.25, -0.2) is 4.79 Å². The highest BCUT2D eigenvalue weighted by molar-refractivity contribution is 7.80. The van der Waals surface area contributed by atoms with Crippen LogP contribution in [0.15, 0.2) is 35.5 Å². The van der Waals surface area contributed by atoms with Gasteiger partial charge >= 0.3 is 5.97 Å². The molecule has 1 aliphatic rings. The Balaban J connectivity index is 2.55. The zero-order chi connectivity index (χ0) is 14.9. The van der Waals surface area contributed by atoms with Crippen molar-refractivity contribution in [3.63, 3.8) is 0 Å². The molecule has 1 aliphatic heterocycles. The molecule has 0 unspecified atom stereocenters. The summed E-state index contributed by atoms with van der Waals surface area (Å²) in [6.07, 6.45) is 0. The molecule has 20 heavy (non-hydrogen) atoms. The van der Waals surface area contributed by atoms with Gasteiger partial charge in [0.25, 0.3) is 0 Å². The molecule has 0 spiro atoms. The van der Waals surface area contributed by atoms with Crippen molar-refractivity contribution >= 4 is 23.3 Å². The zero-order valence-corrected chi connectivity index (χ0v) is 12.3. The number of hydrogen-bond acceptors (Lipinski definition) is 4. The van der Waals surface area contributed by atoms with Gasteiger partial charge in [0.1, 0.15) is 5.75 Å². The largest absolute Gasteiger partial charge is 0.508 e. The van der Waals surface area contributed by atoms with Crippen molar-refractivity contribution in [1.29, 1.82) is 0 Å². The molecule has 1 atom stereocenters. The van der Waals surface area contributed by atoms with Crippen LogP contribution in [0.4, 0.5) is 0 Å². The SMILES string of the molecule is COC(=O)C1=C(C)N(C)C(=S)N[C@@H]1c1cccc(O)c1. The first-order valence-electron chi connectivity index (χ1n) is 6.08. The molecule has 0 aromatic heterocycles. The number of aromatic hydroxyl groups is 1. The van der Waals surface area contributed by atoms with Crippen molar-refractivity contribution in [2.45, 2.75) is 13.0 Å². The summed E-state index contributed by atoms with van der Waals surface area (Å²) in [4.78, 5) is 13.8. The number of esters is 1. The number of carbonyl (C=O) groups excluding carboxylic acids is 1. The van der Waals surface area contributed by atoms with E-state index < -0.39 is 12.0 Å². The predicted molar refractivity (Wildman–Crippen MR) is 79.1 cm³/mol. The van der Waals surface area contributed by atoms with Crippen molar-refractivity contribution in [1.82, 2.24) is 10.2 Å². The lowest BCUT2D eigenvalue weighted by molar-refractivity contribution is -0.136. The molecule has 1 heterocycles. The van der Waals surface area contributed by atoms with E-state index in [-0.39, 0.29) is 5.75 Å². The molecule has 2 N–H and O–H groups in total. The number of nitrogens with one attached hydrogen (secondary N) is 1. The fourth-order valence-electron chi connectivity index (χ4n) is 2.16. The maximum atomic E-state index is 12.0. The molecule has 0 bridgehead atoms. The maximum Gasteiger partial charge on any atom is 0.337 e. The van der Waals surface area contributed by atoms with Crippen molar-refractivity contribution < 1.29 is 14.6 Å². The average molecular weight is 292 g/mol. The summed E-state index contributed by atoms with van der Waals surface area (Å²) >= 11 is 5.26. The zero-order valence-electron chi connectivity index (χ0n) is 11.5. The number of carbonyl (C=O) groups is 1. The Morgan fingerprint density at radius 2 is 2.20 bits per heavy atom. The van der Waals surface area contributed by atoms with Crippen LogP contribution in [-0.2, 0) is 9.53 Å². The minimum atomic E-state index is -0.432. The second kappa shape index (κ2) is 5.50. The van der Waals surface area contributed by atoms with Gasteiger partial charge < -0.3 is 20.1 Å². The Kier molecular flexibility index (Phi) is 3.94. The van der Waals surface area contributed by atoms with Crippen LogP contribution in [-0.4, -0.2) is 35.2 Å². The number of benzene rings is 1. The van der Waals surface area contributed by atoms with Crippen LogP contribution >= 0.6 is 12.2 Å². The summed E-state index contributed by atoms with van der Waals surface area (Å²) in [5, 5.41) is 13.2. The number of methoxy groups -OCH3 is 1. The van der Waals surface area contributed by atoms with Crippen LogP contribution in [0.5, 0.6) is 5.75 Å². The molecule has 0 saturated heterocycles. The Labute approximate surface area is 122 Å². The van der Waals surface area contributed by atoms with E-state index in [1.165, 1.54) is 7.11 Å². The van der Waals surface area contributed by atoms with E-state index in [1.54, 1.807) is 30.1 Å². The number of phenolic OH excluding ortho intramolecular Hbond substituents is 1. The van der Waals surface area contributed by atoms with Crippen molar-refractivity contribution in [3.8, 4) is 5.75 Å². The first kappa shape index (κ1) is 14.3. The van der Waals surface area contributed by atoms with Crippen LogP contribution in [0, 0.1) is 0 Å². The van der Waals surface area contributed by atoms with Gasteiger partial charge in [-0.2, -0.15) is 0 Å². The number of phenols is 1. The minimum Gasteiger partial charge on any atom is -0.508 e. The van der Waals surface area contributed by atoms with Gasteiger partial charge in [-0.05, 0) is 36.8 Å². The lowest BCUT2D eigenvalue weighted by Crippen LogP contribution is -2.46. The van der Waals surface area contributed by atoms with Gasteiger partial charge in [0.15, 0.2) is 5.11 Å². The third kappa shape index (κ3) is 2.46. The van der Waals surface area contributed by atoms with E-state index in [9.17, 15) is 9.90 Å². The third-order valence-electron chi connectivity index (χ3n) is 3.36. The number of rotatable bonds is 2. The highest BCUT2D eigenvalue weighted by Gasteiger charge is 2.33.